The molecule has 0 aliphatic carbocycles. The molecule has 2 rings (SSSR count). The van der Waals surface area contributed by atoms with E-state index in [1.807, 2.05) is 39.0 Å². The minimum absolute atomic E-state index is 0.337. The van der Waals surface area contributed by atoms with Gasteiger partial charge in [-0.15, -0.1) is 0 Å². The fraction of sp³-hybridized carbons (Fsp3) is 0.286. The summed E-state index contributed by atoms with van der Waals surface area (Å²) in [5, 5.41) is 2.98. The van der Waals surface area contributed by atoms with E-state index in [1.165, 1.54) is 11.8 Å². The Bertz CT molecular complexity index is 567. The van der Waals surface area contributed by atoms with Crippen LogP contribution in [-0.4, -0.2) is 16.5 Å². The van der Waals surface area contributed by atoms with Crippen LogP contribution >= 0.6 is 0 Å². The van der Waals surface area contributed by atoms with Gasteiger partial charge >= 0.3 is 0 Å². The molecule has 0 aliphatic heterocycles. The maximum absolute atomic E-state index is 13.8. The second-order valence-corrected chi connectivity index (χ2v) is 4.22. The third kappa shape index (κ3) is 2.47. The van der Waals surface area contributed by atoms with Gasteiger partial charge in [-0.1, -0.05) is 12.1 Å². The minimum atomic E-state index is -0.403. The van der Waals surface area contributed by atoms with E-state index in [9.17, 15) is 4.39 Å². The van der Waals surface area contributed by atoms with Gasteiger partial charge in [0.15, 0.2) is 5.82 Å². The van der Waals surface area contributed by atoms with Crippen molar-refractivity contribution in [1.29, 1.82) is 0 Å². The molecule has 2 aromatic rings. The Kier molecular flexibility index (Phi) is 3.55. The number of nitrogens with one attached hydrogen (secondary N) is 1. The van der Waals surface area contributed by atoms with Crippen LogP contribution in [0.5, 0.6) is 0 Å². The first kappa shape index (κ1) is 12.5. The van der Waals surface area contributed by atoms with Crippen LogP contribution < -0.4 is 5.32 Å². The van der Waals surface area contributed by atoms with E-state index in [4.69, 9.17) is 0 Å². The highest BCUT2D eigenvalue weighted by molar-refractivity contribution is 5.62. The number of rotatable bonds is 3. The summed E-state index contributed by atoms with van der Waals surface area (Å²) in [6.45, 7) is 6.68. The monoisotopic (exact) mass is 245 g/mol. The van der Waals surface area contributed by atoms with Gasteiger partial charge in [-0.05, 0) is 38.0 Å². The number of benzene rings is 1. The molecule has 18 heavy (non-hydrogen) atoms. The van der Waals surface area contributed by atoms with E-state index in [-0.39, 0.29) is 0 Å². The zero-order valence-electron chi connectivity index (χ0n) is 10.8. The third-order valence-electron chi connectivity index (χ3n) is 2.86. The summed E-state index contributed by atoms with van der Waals surface area (Å²) in [7, 11) is 0. The van der Waals surface area contributed by atoms with E-state index in [0.717, 1.165) is 11.1 Å². The lowest BCUT2D eigenvalue weighted by molar-refractivity contribution is 0.618. The van der Waals surface area contributed by atoms with Crippen LogP contribution in [0.25, 0.3) is 11.3 Å². The number of halogens is 1. The van der Waals surface area contributed by atoms with Crippen LogP contribution in [0.4, 0.5) is 10.3 Å². The lowest BCUT2D eigenvalue weighted by Crippen LogP contribution is -2.04. The molecule has 0 unspecified atom stereocenters. The summed E-state index contributed by atoms with van der Waals surface area (Å²) < 4.78 is 13.8. The molecule has 4 heteroatoms. The van der Waals surface area contributed by atoms with Gasteiger partial charge in [0.2, 0.25) is 5.95 Å². The van der Waals surface area contributed by atoms with Crippen molar-refractivity contribution < 1.29 is 4.39 Å². The average molecular weight is 245 g/mol. The topological polar surface area (TPSA) is 37.8 Å². The Morgan fingerprint density at radius 3 is 2.67 bits per heavy atom. The van der Waals surface area contributed by atoms with Gasteiger partial charge in [-0.2, -0.15) is 0 Å². The molecule has 0 spiro atoms. The summed E-state index contributed by atoms with van der Waals surface area (Å²) in [5.41, 5.74) is 3.41. The lowest BCUT2D eigenvalue weighted by atomic mass is 10.0. The number of hydrogen-bond donors (Lipinski definition) is 1. The third-order valence-corrected chi connectivity index (χ3v) is 2.86. The van der Waals surface area contributed by atoms with Gasteiger partial charge in [-0.3, -0.25) is 0 Å². The number of aromatic nitrogens is 2. The molecule has 1 N–H and O–H groups in total. The number of anilines is 1. The zero-order valence-corrected chi connectivity index (χ0v) is 10.8. The zero-order chi connectivity index (χ0) is 13.1. The lowest BCUT2D eigenvalue weighted by Gasteiger charge is -2.08. The summed E-state index contributed by atoms with van der Waals surface area (Å²) in [5.74, 6) is 0.0482. The molecule has 1 aromatic heterocycles. The van der Waals surface area contributed by atoms with E-state index in [1.54, 1.807) is 0 Å². The molecule has 0 saturated carbocycles. The molecule has 1 heterocycles. The molecule has 0 fully saturated rings. The van der Waals surface area contributed by atoms with Gasteiger partial charge in [0, 0.05) is 12.1 Å². The number of hydrogen-bond acceptors (Lipinski definition) is 3. The Morgan fingerprint density at radius 2 is 2.00 bits per heavy atom. The quantitative estimate of drug-likeness (QED) is 0.901. The first-order chi connectivity index (χ1) is 8.61. The molecule has 0 atom stereocenters. The fourth-order valence-electron chi connectivity index (χ4n) is 1.70. The van der Waals surface area contributed by atoms with Gasteiger partial charge in [0.05, 0.1) is 6.20 Å². The number of nitrogens with zero attached hydrogens (tertiary/aromatic N) is 2. The van der Waals surface area contributed by atoms with E-state index >= 15 is 0 Å². The number of aryl methyl sites for hydroxylation is 2. The van der Waals surface area contributed by atoms with E-state index in [0.29, 0.717) is 18.2 Å². The molecular weight excluding hydrogens is 229 g/mol. The van der Waals surface area contributed by atoms with Gasteiger partial charge in [0.25, 0.3) is 0 Å². The van der Waals surface area contributed by atoms with Gasteiger partial charge in [-0.25, -0.2) is 14.4 Å². The molecule has 3 nitrogen and oxygen atoms in total. The normalized spacial score (nSPS) is 10.4. The van der Waals surface area contributed by atoms with Crippen LogP contribution in [0, 0.1) is 19.7 Å². The summed E-state index contributed by atoms with van der Waals surface area (Å²) in [6, 6.07) is 5.79. The van der Waals surface area contributed by atoms with Crippen molar-refractivity contribution in [2.45, 2.75) is 20.8 Å². The standard InChI is InChI=1S/C14H16FN3/c1-4-16-14-17-8-12(15)13(18-14)11-6-5-9(2)10(3)7-11/h5-8H,4H2,1-3H3,(H,16,17,18). The van der Waals surface area contributed by atoms with Crippen molar-refractivity contribution in [1.82, 2.24) is 9.97 Å². The maximum Gasteiger partial charge on any atom is 0.223 e. The van der Waals surface area contributed by atoms with Gasteiger partial charge < -0.3 is 5.32 Å². The largest absolute Gasteiger partial charge is 0.354 e. The van der Waals surface area contributed by atoms with Crippen molar-refractivity contribution in [2.75, 3.05) is 11.9 Å². The minimum Gasteiger partial charge on any atom is -0.354 e. The Balaban J connectivity index is 2.48. The van der Waals surface area contributed by atoms with Crippen molar-refractivity contribution in [3.05, 3.63) is 41.3 Å². The fourth-order valence-corrected chi connectivity index (χ4v) is 1.70. The molecule has 1 aromatic carbocycles. The highest BCUT2D eigenvalue weighted by atomic mass is 19.1. The molecule has 0 aliphatic rings. The van der Waals surface area contributed by atoms with Crippen LogP contribution in [0.1, 0.15) is 18.1 Å². The summed E-state index contributed by atoms with van der Waals surface area (Å²) in [6.07, 6.45) is 1.20. The van der Waals surface area contributed by atoms with Crippen LogP contribution in [0.3, 0.4) is 0 Å². The van der Waals surface area contributed by atoms with Crippen LogP contribution in [0.15, 0.2) is 24.4 Å². The summed E-state index contributed by atoms with van der Waals surface area (Å²) >= 11 is 0. The Morgan fingerprint density at radius 1 is 1.22 bits per heavy atom. The van der Waals surface area contributed by atoms with E-state index < -0.39 is 5.82 Å². The molecule has 0 saturated heterocycles. The van der Waals surface area contributed by atoms with Crippen LogP contribution in [-0.2, 0) is 0 Å². The van der Waals surface area contributed by atoms with Crippen molar-refractivity contribution >= 4 is 5.95 Å². The van der Waals surface area contributed by atoms with Crippen molar-refractivity contribution in [3.63, 3.8) is 0 Å². The summed E-state index contributed by atoms with van der Waals surface area (Å²) in [4.78, 5) is 8.10. The van der Waals surface area contributed by atoms with Gasteiger partial charge in [0.1, 0.15) is 5.69 Å². The maximum atomic E-state index is 13.8. The SMILES string of the molecule is CCNc1ncc(F)c(-c2ccc(C)c(C)c2)n1. The first-order valence-electron chi connectivity index (χ1n) is 5.96. The second-order valence-electron chi connectivity index (χ2n) is 4.22. The predicted octanol–water partition coefficient (Wildman–Crippen LogP) is 3.33. The molecule has 0 amide bonds. The molecule has 94 valence electrons. The Labute approximate surface area is 106 Å². The predicted molar refractivity (Wildman–Crippen MR) is 71.1 cm³/mol. The van der Waals surface area contributed by atoms with Crippen molar-refractivity contribution in [3.8, 4) is 11.3 Å². The molecular formula is C14H16FN3. The highest BCUT2D eigenvalue weighted by Gasteiger charge is 2.09. The highest BCUT2D eigenvalue weighted by Crippen LogP contribution is 2.23. The average Bonchev–Trinajstić information content (AvgIpc) is 2.35. The van der Waals surface area contributed by atoms with Crippen LogP contribution in [0.2, 0.25) is 0 Å². The Hall–Kier alpha value is -1.97. The van der Waals surface area contributed by atoms with Crippen molar-refractivity contribution in [2.24, 2.45) is 0 Å². The molecule has 0 radical (unpaired) electrons. The molecule has 0 bridgehead atoms. The smallest absolute Gasteiger partial charge is 0.223 e. The second kappa shape index (κ2) is 5.12. The first-order valence-corrected chi connectivity index (χ1v) is 5.96. The van der Waals surface area contributed by atoms with E-state index in [2.05, 4.69) is 15.3 Å².